The van der Waals surface area contributed by atoms with Gasteiger partial charge in [-0.25, -0.2) is 14.2 Å². The number of nitrogens with zero attached hydrogens (tertiary/aromatic N) is 2. The highest BCUT2D eigenvalue weighted by atomic mass is 19.1. The molecule has 4 rings (SSSR count). The third kappa shape index (κ3) is 3.34. The molecule has 3 heterocycles. The van der Waals surface area contributed by atoms with Gasteiger partial charge in [-0.15, -0.1) is 0 Å². The highest BCUT2D eigenvalue weighted by Crippen LogP contribution is 2.28. The van der Waals surface area contributed by atoms with Crippen molar-refractivity contribution in [1.29, 1.82) is 0 Å². The number of piperidine rings is 1. The molecule has 2 aromatic rings. The van der Waals surface area contributed by atoms with E-state index in [1.807, 2.05) is 0 Å². The molecule has 0 unspecified atom stereocenters. The number of carbonyl (C=O) groups excluding carboxylic acids is 2. The van der Waals surface area contributed by atoms with Crippen LogP contribution in [0.4, 0.5) is 9.18 Å². The van der Waals surface area contributed by atoms with Crippen molar-refractivity contribution in [2.75, 3.05) is 26.2 Å². The second kappa shape index (κ2) is 6.56. The van der Waals surface area contributed by atoms with Gasteiger partial charge in [-0.1, -0.05) is 0 Å². The second-order valence-electron chi connectivity index (χ2n) is 6.68. The molecule has 2 fully saturated rings. The number of H-pyrrole nitrogens is 1. The Hall–Kier alpha value is -2.68. The smallest absolute Gasteiger partial charge is 0.407 e. The van der Waals surface area contributed by atoms with Gasteiger partial charge in [-0.3, -0.25) is 4.79 Å². The van der Waals surface area contributed by atoms with E-state index >= 15 is 0 Å². The van der Waals surface area contributed by atoms with Crippen molar-refractivity contribution >= 4 is 23.0 Å². The van der Waals surface area contributed by atoms with E-state index in [4.69, 9.17) is 9.47 Å². The lowest BCUT2D eigenvalue weighted by atomic mass is 9.93. The summed E-state index contributed by atoms with van der Waals surface area (Å²) in [5.41, 5.74) is 0.613. The fraction of sp³-hybridized carbons (Fsp3) is 0.471. The van der Waals surface area contributed by atoms with Crippen LogP contribution in [0.25, 0.3) is 11.0 Å². The zero-order valence-electron chi connectivity index (χ0n) is 14.1. The molecule has 1 atom stereocenters. The van der Waals surface area contributed by atoms with Crippen molar-refractivity contribution in [2.24, 2.45) is 0 Å². The molecule has 138 valence electrons. The van der Waals surface area contributed by atoms with Gasteiger partial charge in [0, 0.05) is 6.54 Å². The Kier molecular flexibility index (Phi) is 4.23. The topological polar surface area (TPSA) is 96.5 Å². The third-order valence-electron chi connectivity index (χ3n) is 4.71. The summed E-state index contributed by atoms with van der Waals surface area (Å²) in [6, 6.07) is 4.29. The van der Waals surface area contributed by atoms with E-state index in [1.165, 1.54) is 12.1 Å². The predicted octanol–water partition coefficient (Wildman–Crippen LogP) is 1.32. The van der Waals surface area contributed by atoms with Gasteiger partial charge < -0.3 is 24.7 Å². The summed E-state index contributed by atoms with van der Waals surface area (Å²) in [6.45, 7) is 1.44. The number of benzene rings is 1. The van der Waals surface area contributed by atoms with Crippen molar-refractivity contribution in [3.63, 3.8) is 0 Å². The number of aromatic nitrogens is 2. The van der Waals surface area contributed by atoms with E-state index in [0.29, 0.717) is 36.5 Å². The van der Waals surface area contributed by atoms with Gasteiger partial charge in [0.15, 0.2) is 0 Å². The Balaban J connectivity index is 1.31. The second-order valence-corrected chi connectivity index (χ2v) is 6.68. The molecule has 2 aliphatic heterocycles. The maximum atomic E-state index is 13.2. The zero-order chi connectivity index (χ0) is 18.1. The van der Waals surface area contributed by atoms with E-state index in [1.54, 1.807) is 11.0 Å². The number of likely N-dealkylation sites (tertiary alicyclic amines) is 1. The molecule has 1 aromatic carbocycles. The normalized spacial score (nSPS) is 22.7. The molecule has 0 saturated carbocycles. The number of amides is 2. The number of hydrogen-bond acceptors (Lipinski definition) is 5. The highest BCUT2D eigenvalue weighted by Gasteiger charge is 2.44. The summed E-state index contributed by atoms with van der Waals surface area (Å²) in [5.74, 6) is 0.0292. The number of carbonyl (C=O) groups is 2. The molecule has 2 saturated heterocycles. The zero-order valence-corrected chi connectivity index (χ0v) is 14.1. The van der Waals surface area contributed by atoms with Crippen molar-refractivity contribution in [2.45, 2.75) is 25.0 Å². The number of halogens is 1. The lowest BCUT2D eigenvalue weighted by Crippen LogP contribution is -2.53. The third-order valence-corrected chi connectivity index (χ3v) is 4.71. The minimum absolute atomic E-state index is 0.0944. The Bertz CT molecular complexity index is 854. The number of aromatic amines is 1. The molecule has 2 aliphatic rings. The van der Waals surface area contributed by atoms with Gasteiger partial charge >= 0.3 is 6.09 Å². The largest absolute Gasteiger partial charge is 0.439 e. The summed E-state index contributed by atoms with van der Waals surface area (Å²) >= 11 is 0. The van der Waals surface area contributed by atoms with E-state index in [-0.39, 0.29) is 24.9 Å². The van der Waals surface area contributed by atoms with Crippen LogP contribution in [0.1, 0.15) is 18.7 Å². The van der Waals surface area contributed by atoms with E-state index in [9.17, 15) is 14.0 Å². The van der Waals surface area contributed by atoms with Crippen LogP contribution in [0.2, 0.25) is 0 Å². The molecule has 8 nitrogen and oxygen atoms in total. The number of hydrogen-bond donors (Lipinski definition) is 2. The van der Waals surface area contributed by atoms with E-state index in [0.717, 1.165) is 12.8 Å². The van der Waals surface area contributed by atoms with Crippen LogP contribution < -0.4 is 5.32 Å². The molecule has 0 bridgehead atoms. The van der Waals surface area contributed by atoms with Crippen molar-refractivity contribution in [3.8, 4) is 0 Å². The molecule has 1 aromatic heterocycles. The van der Waals surface area contributed by atoms with Crippen molar-refractivity contribution in [3.05, 3.63) is 29.8 Å². The number of ether oxygens (including phenoxy) is 2. The number of fused-ring (bicyclic) bond motifs is 1. The van der Waals surface area contributed by atoms with Crippen LogP contribution in [0.5, 0.6) is 0 Å². The lowest BCUT2D eigenvalue weighted by molar-refractivity contribution is -0.142. The van der Waals surface area contributed by atoms with E-state index in [2.05, 4.69) is 15.3 Å². The number of nitrogens with one attached hydrogen (secondary N) is 2. The highest BCUT2D eigenvalue weighted by molar-refractivity contribution is 5.78. The van der Waals surface area contributed by atoms with Gasteiger partial charge in [0.1, 0.15) is 30.5 Å². The molecule has 0 aliphatic carbocycles. The summed E-state index contributed by atoms with van der Waals surface area (Å²) in [4.78, 5) is 32.6. The van der Waals surface area contributed by atoms with Gasteiger partial charge in [0.25, 0.3) is 0 Å². The Morgan fingerprint density at radius 2 is 2.35 bits per heavy atom. The first-order chi connectivity index (χ1) is 12.5. The average Bonchev–Trinajstić information content (AvgIpc) is 3.17. The Morgan fingerprint density at radius 1 is 1.46 bits per heavy atom. The maximum absolute atomic E-state index is 13.2. The molecule has 0 radical (unpaired) electrons. The summed E-state index contributed by atoms with van der Waals surface area (Å²) in [5, 5.41) is 2.65. The molecule has 2 N–H and O–H groups in total. The molecule has 1 spiro atoms. The van der Waals surface area contributed by atoms with Crippen LogP contribution in [0, 0.1) is 5.82 Å². The molecular formula is C17H19FN4O4. The fourth-order valence-electron chi connectivity index (χ4n) is 3.47. The standard InChI is InChI=1S/C17H19FN4O4/c18-11-2-3-12-13(6-11)21-14(20-12)7-25-8-15(23)22-5-1-4-17(10-22)9-19-16(24)26-17/h2-3,6H,1,4-5,7-10H2,(H,19,24)(H,20,21)/t17-/m0/s1. The van der Waals surface area contributed by atoms with Crippen molar-refractivity contribution in [1.82, 2.24) is 20.2 Å². The van der Waals surface area contributed by atoms with Gasteiger partial charge in [0.05, 0.1) is 24.1 Å². The molecule has 26 heavy (non-hydrogen) atoms. The van der Waals surface area contributed by atoms with Crippen LogP contribution >= 0.6 is 0 Å². The van der Waals surface area contributed by atoms with Crippen LogP contribution in [0.15, 0.2) is 18.2 Å². The van der Waals surface area contributed by atoms with E-state index < -0.39 is 11.7 Å². The predicted molar refractivity (Wildman–Crippen MR) is 88.7 cm³/mol. The number of imidazole rings is 1. The lowest BCUT2D eigenvalue weighted by Gasteiger charge is -2.38. The van der Waals surface area contributed by atoms with Gasteiger partial charge in [0.2, 0.25) is 5.91 Å². The minimum Gasteiger partial charge on any atom is -0.439 e. The summed E-state index contributed by atoms with van der Waals surface area (Å²) in [7, 11) is 0. The first-order valence-electron chi connectivity index (χ1n) is 8.50. The quantitative estimate of drug-likeness (QED) is 0.855. The van der Waals surface area contributed by atoms with Crippen LogP contribution in [-0.2, 0) is 20.9 Å². The number of rotatable bonds is 4. The van der Waals surface area contributed by atoms with Crippen LogP contribution in [0.3, 0.4) is 0 Å². The molecule has 9 heteroatoms. The monoisotopic (exact) mass is 362 g/mol. The summed E-state index contributed by atoms with van der Waals surface area (Å²) in [6.07, 6.45) is 1.08. The fourth-order valence-corrected chi connectivity index (χ4v) is 3.47. The number of alkyl carbamates (subject to hydrolysis) is 1. The van der Waals surface area contributed by atoms with Crippen LogP contribution in [-0.4, -0.2) is 58.7 Å². The van der Waals surface area contributed by atoms with Gasteiger partial charge in [-0.2, -0.15) is 0 Å². The first-order valence-corrected chi connectivity index (χ1v) is 8.50. The average molecular weight is 362 g/mol. The minimum atomic E-state index is -0.617. The summed E-state index contributed by atoms with van der Waals surface area (Å²) < 4.78 is 24.0. The molecule has 2 amide bonds. The van der Waals surface area contributed by atoms with Gasteiger partial charge in [-0.05, 0) is 31.0 Å². The maximum Gasteiger partial charge on any atom is 0.407 e. The van der Waals surface area contributed by atoms with Crippen molar-refractivity contribution < 1.29 is 23.5 Å². The Labute approximate surface area is 148 Å². The molecular weight excluding hydrogens is 343 g/mol. The SMILES string of the molecule is O=C1NC[C@]2(CCCN(C(=O)COCc3nc4ccc(F)cc4[nH]3)C2)O1. The Morgan fingerprint density at radius 3 is 3.15 bits per heavy atom. The first kappa shape index (κ1) is 16.8.